The van der Waals surface area contributed by atoms with Gasteiger partial charge in [0.05, 0.1) is 28.0 Å². The number of rotatable bonds is 7. The summed E-state index contributed by atoms with van der Waals surface area (Å²) >= 11 is 0. The van der Waals surface area contributed by atoms with Gasteiger partial charge in [0.1, 0.15) is 11.6 Å². The lowest BCUT2D eigenvalue weighted by molar-refractivity contribution is 0.0798. The summed E-state index contributed by atoms with van der Waals surface area (Å²) in [7, 11) is 0. The van der Waals surface area contributed by atoms with Gasteiger partial charge in [0, 0.05) is 30.2 Å². The molecule has 0 saturated carbocycles. The number of aliphatic hydroxyl groups is 1. The monoisotopic (exact) mass is 508 g/mol. The Labute approximate surface area is 215 Å². The van der Waals surface area contributed by atoms with E-state index >= 15 is 0 Å². The number of hydrogen-bond donors (Lipinski definition) is 3. The van der Waals surface area contributed by atoms with E-state index in [4.69, 9.17) is 16.5 Å². The Balaban J connectivity index is 1.77. The van der Waals surface area contributed by atoms with Crippen LogP contribution >= 0.6 is 0 Å². The minimum atomic E-state index is -0.887. The zero-order chi connectivity index (χ0) is 27.0. The number of nitrogens with zero attached hydrogens (tertiary/aromatic N) is 4. The van der Waals surface area contributed by atoms with Gasteiger partial charge in [-0.15, -0.1) is 0 Å². The van der Waals surface area contributed by atoms with Crippen LogP contribution in [0.4, 0.5) is 8.78 Å². The van der Waals surface area contributed by atoms with Gasteiger partial charge in [-0.2, -0.15) is 5.10 Å². The average Bonchev–Trinajstić information content (AvgIpc) is 3.27. The van der Waals surface area contributed by atoms with Gasteiger partial charge in [-0.3, -0.25) is 0 Å². The maximum absolute atomic E-state index is 14.3. The van der Waals surface area contributed by atoms with Gasteiger partial charge in [-0.05, 0) is 74.9 Å². The van der Waals surface area contributed by atoms with Gasteiger partial charge in [-0.1, -0.05) is 19.9 Å². The highest BCUT2D eigenvalue weighted by atomic mass is 19.1. The van der Waals surface area contributed by atoms with Crippen molar-refractivity contribution in [1.82, 2.24) is 19.7 Å². The van der Waals surface area contributed by atoms with E-state index in [0.29, 0.717) is 24.5 Å². The van der Waals surface area contributed by atoms with Crippen molar-refractivity contribution >= 4 is 5.70 Å². The van der Waals surface area contributed by atoms with Gasteiger partial charge < -0.3 is 16.6 Å². The lowest BCUT2D eigenvalue weighted by Crippen LogP contribution is -2.42. The van der Waals surface area contributed by atoms with Crippen molar-refractivity contribution in [3.05, 3.63) is 88.7 Å². The molecule has 0 aliphatic heterocycles. The Morgan fingerprint density at radius 1 is 1.22 bits per heavy atom. The SMILES string of the molecule is CC(C)C1(c2ccnc(-n3ccc(CC(C)(C)O)n3)n2)CCCC(/C=C(\N)c2c(F)cccc2F)=C1N. The van der Waals surface area contributed by atoms with Crippen molar-refractivity contribution in [2.45, 2.75) is 64.4 Å². The maximum Gasteiger partial charge on any atom is 0.250 e. The molecule has 3 aromatic rings. The lowest BCUT2D eigenvalue weighted by Gasteiger charge is -2.42. The van der Waals surface area contributed by atoms with E-state index in [0.717, 1.165) is 29.8 Å². The van der Waals surface area contributed by atoms with Crippen molar-refractivity contribution in [2.75, 3.05) is 0 Å². The van der Waals surface area contributed by atoms with Crippen LogP contribution in [-0.2, 0) is 11.8 Å². The third kappa shape index (κ3) is 5.27. The quantitative estimate of drug-likeness (QED) is 0.431. The van der Waals surface area contributed by atoms with E-state index in [1.807, 2.05) is 12.1 Å². The van der Waals surface area contributed by atoms with E-state index in [1.165, 1.54) is 18.2 Å². The predicted molar refractivity (Wildman–Crippen MR) is 139 cm³/mol. The van der Waals surface area contributed by atoms with Crippen LogP contribution in [-0.4, -0.2) is 30.5 Å². The van der Waals surface area contributed by atoms with E-state index in [1.54, 1.807) is 37.0 Å². The van der Waals surface area contributed by atoms with E-state index < -0.39 is 22.7 Å². The van der Waals surface area contributed by atoms with Crippen LogP contribution in [0.2, 0.25) is 0 Å². The van der Waals surface area contributed by atoms with Crippen LogP contribution in [0, 0.1) is 17.6 Å². The second-order valence-electron chi connectivity index (χ2n) is 10.6. The standard InChI is InChI=1S/C28H34F2N6O/c1-17(2)28(23-10-13-33-26(34-23)36-14-11-19(35-36)16-27(3,4)37)12-6-7-18(25(28)32)15-22(31)24-20(29)8-5-9-21(24)30/h5,8-11,13-15,17,37H,6-7,12,16,31-32H2,1-4H3/b22-15-. The zero-order valence-electron chi connectivity index (χ0n) is 21.7. The van der Waals surface area contributed by atoms with Gasteiger partial charge >= 0.3 is 0 Å². The number of nitrogens with two attached hydrogens (primary N) is 2. The van der Waals surface area contributed by atoms with Gasteiger partial charge in [0.15, 0.2) is 0 Å². The summed E-state index contributed by atoms with van der Waals surface area (Å²) in [5.41, 5.74) is 14.0. The zero-order valence-corrected chi connectivity index (χ0v) is 21.7. The first-order valence-corrected chi connectivity index (χ1v) is 12.4. The Bertz CT molecular complexity index is 1330. The Morgan fingerprint density at radius 3 is 2.57 bits per heavy atom. The fourth-order valence-corrected chi connectivity index (χ4v) is 5.18. The molecule has 1 aromatic carbocycles. The highest BCUT2D eigenvalue weighted by Gasteiger charge is 2.43. The molecule has 4 rings (SSSR count). The smallest absolute Gasteiger partial charge is 0.250 e. The van der Waals surface area contributed by atoms with Crippen molar-refractivity contribution in [3.63, 3.8) is 0 Å². The number of allylic oxidation sites excluding steroid dienone is 3. The molecule has 0 spiro atoms. The van der Waals surface area contributed by atoms with Crippen molar-refractivity contribution in [2.24, 2.45) is 17.4 Å². The Kier molecular flexibility index (Phi) is 7.19. The molecule has 0 saturated heterocycles. The molecule has 9 heteroatoms. The number of halogens is 2. The minimum absolute atomic E-state index is 0.00707. The molecule has 0 bridgehead atoms. The Hall–Kier alpha value is -3.59. The van der Waals surface area contributed by atoms with Gasteiger partial charge in [-0.25, -0.2) is 23.4 Å². The van der Waals surface area contributed by atoms with Crippen molar-refractivity contribution in [1.29, 1.82) is 0 Å². The molecule has 5 N–H and O–H groups in total. The Morgan fingerprint density at radius 2 is 1.92 bits per heavy atom. The molecule has 37 heavy (non-hydrogen) atoms. The predicted octanol–water partition coefficient (Wildman–Crippen LogP) is 4.54. The first-order chi connectivity index (χ1) is 17.4. The summed E-state index contributed by atoms with van der Waals surface area (Å²) in [6.45, 7) is 7.62. The molecule has 1 aliphatic carbocycles. The average molecular weight is 509 g/mol. The largest absolute Gasteiger partial charge is 0.401 e. The van der Waals surface area contributed by atoms with Gasteiger partial charge in [0.2, 0.25) is 0 Å². The summed E-state index contributed by atoms with van der Waals surface area (Å²) < 4.78 is 30.3. The highest BCUT2D eigenvalue weighted by Crippen LogP contribution is 2.46. The molecule has 2 aromatic heterocycles. The summed E-state index contributed by atoms with van der Waals surface area (Å²) in [6, 6.07) is 7.35. The minimum Gasteiger partial charge on any atom is -0.401 e. The van der Waals surface area contributed by atoms with Gasteiger partial charge in [0.25, 0.3) is 5.95 Å². The molecule has 196 valence electrons. The molecule has 1 atom stereocenters. The molecular weight excluding hydrogens is 474 g/mol. The molecule has 0 amide bonds. The van der Waals surface area contributed by atoms with Crippen LogP contribution in [0.15, 0.2) is 60.1 Å². The second kappa shape index (κ2) is 10.0. The third-order valence-electron chi connectivity index (χ3n) is 6.97. The van der Waals surface area contributed by atoms with E-state index in [-0.39, 0.29) is 17.2 Å². The van der Waals surface area contributed by atoms with E-state index in [2.05, 4.69) is 23.9 Å². The molecular formula is C28H34F2N6O. The van der Waals surface area contributed by atoms with Crippen molar-refractivity contribution < 1.29 is 13.9 Å². The number of benzene rings is 1. The molecule has 0 fully saturated rings. The molecule has 1 unspecified atom stereocenters. The van der Waals surface area contributed by atoms with Crippen LogP contribution in [0.25, 0.3) is 11.6 Å². The number of aromatic nitrogens is 4. The van der Waals surface area contributed by atoms with Crippen LogP contribution < -0.4 is 11.5 Å². The fraction of sp³-hybridized carbons (Fsp3) is 0.393. The first-order valence-electron chi connectivity index (χ1n) is 12.4. The summed E-state index contributed by atoms with van der Waals surface area (Å²) in [4.78, 5) is 9.27. The third-order valence-corrected chi connectivity index (χ3v) is 6.97. The fourth-order valence-electron chi connectivity index (χ4n) is 5.18. The second-order valence-corrected chi connectivity index (χ2v) is 10.6. The maximum atomic E-state index is 14.3. The number of hydrogen-bond acceptors (Lipinski definition) is 6. The lowest BCUT2D eigenvalue weighted by atomic mass is 9.64. The van der Waals surface area contributed by atoms with Crippen LogP contribution in [0.5, 0.6) is 0 Å². The molecule has 7 nitrogen and oxygen atoms in total. The van der Waals surface area contributed by atoms with E-state index in [9.17, 15) is 13.9 Å². The van der Waals surface area contributed by atoms with Crippen LogP contribution in [0.1, 0.15) is 63.9 Å². The summed E-state index contributed by atoms with van der Waals surface area (Å²) in [5.74, 6) is -0.985. The molecule has 1 aliphatic rings. The first kappa shape index (κ1) is 26.5. The topological polar surface area (TPSA) is 116 Å². The van der Waals surface area contributed by atoms with Crippen molar-refractivity contribution in [3.8, 4) is 5.95 Å². The molecule has 0 radical (unpaired) electrons. The van der Waals surface area contributed by atoms with Crippen LogP contribution in [0.3, 0.4) is 0 Å². The summed E-state index contributed by atoms with van der Waals surface area (Å²) in [5, 5.41) is 14.7. The highest BCUT2D eigenvalue weighted by molar-refractivity contribution is 5.67. The normalized spacial score (nSPS) is 19.1. The molecule has 2 heterocycles. The summed E-state index contributed by atoms with van der Waals surface area (Å²) in [6.07, 6.45) is 7.61.